The van der Waals surface area contributed by atoms with Crippen LogP contribution in [0.2, 0.25) is 0 Å². The Kier molecular flexibility index (Phi) is 6.81. The summed E-state index contributed by atoms with van der Waals surface area (Å²) >= 11 is 0. The van der Waals surface area contributed by atoms with Crippen LogP contribution >= 0.6 is 0 Å². The Labute approximate surface area is 146 Å². The number of sulfonamides is 1. The van der Waals surface area contributed by atoms with Gasteiger partial charge in [-0.05, 0) is 24.5 Å². The van der Waals surface area contributed by atoms with E-state index in [0.717, 1.165) is 12.8 Å². The molecule has 0 aliphatic carbocycles. The standard InChI is InChI=1S/C11H15NO6S2.Na/c13-18-19(14,15)9-10-5-1-2-6-11(10)20(16,17)12-7-3-4-8-12;/h1-2,5-6,13H,3-4,7-9H2;. The monoisotopic (exact) mass is 344 g/mol. The molecule has 1 heterocycles. The minimum Gasteiger partial charge on any atom is -0.235 e. The molecule has 1 aliphatic rings. The molecule has 1 fully saturated rings. The van der Waals surface area contributed by atoms with Gasteiger partial charge in [0.2, 0.25) is 10.0 Å². The van der Waals surface area contributed by atoms with E-state index in [-0.39, 0.29) is 40.0 Å². The molecule has 0 unspecified atom stereocenters. The maximum absolute atomic E-state index is 12.5. The Balaban J connectivity index is 0.00000220. The second-order valence-corrected chi connectivity index (χ2v) is 7.95. The van der Waals surface area contributed by atoms with Crippen molar-refractivity contribution in [1.29, 1.82) is 0 Å². The molecule has 21 heavy (non-hydrogen) atoms. The molecule has 0 bridgehead atoms. The zero-order valence-corrected chi connectivity index (χ0v) is 15.2. The minimum atomic E-state index is -4.21. The van der Waals surface area contributed by atoms with Gasteiger partial charge in [0.25, 0.3) is 10.1 Å². The normalized spacial score (nSPS) is 16.6. The predicted octanol–water partition coefficient (Wildman–Crippen LogP) is 0.410. The molecule has 1 aliphatic heterocycles. The van der Waals surface area contributed by atoms with Crippen LogP contribution < -0.4 is 0 Å². The van der Waals surface area contributed by atoms with Crippen LogP contribution in [-0.4, -0.2) is 69.0 Å². The quantitative estimate of drug-likeness (QED) is 0.472. The van der Waals surface area contributed by atoms with Crippen LogP contribution in [0.3, 0.4) is 0 Å². The molecule has 1 aromatic carbocycles. The molecule has 7 nitrogen and oxygen atoms in total. The summed E-state index contributed by atoms with van der Waals surface area (Å²) in [4.78, 5) is -0.0671. The van der Waals surface area contributed by atoms with Crippen LogP contribution in [-0.2, 0) is 30.2 Å². The number of hydrogen-bond donors (Lipinski definition) is 1. The van der Waals surface area contributed by atoms with Gasteiger partial charge in [0.05, 0.1) is 4.90 Å². The summed E-state index contributed by atoms with van der Waals surface area (Å²) in [6.45, 7) is 0.861. The number of hydrogen-bond acceptors (Lipinski definition) is 6. The van der Waals surface area contributed by atoms with Gasteiger partial charge in [-0.15, -0.1) is 4.33 Å². The second-order valence-electron chi connectivity index (χ2n) is 4.50. The van der Waals surface area contributed by atoms with Crippen molar-refractivity contribution in [3.63, 3.8) is 0 Å². The van der Waals surface area contributed by atoms with Gasteiger partial charge in [-0.1, -0.05) is 18.2 Å². The van der Waals surface area contributed by atoms with E-state index in [9.17, 15) is 16.8 Å². The SMILES string of the molecule is O=S(=O)(Cc1ccccc1S(=O)(=O)N1CCCC1)OO.[Na]. The van der Waals surface area contributed by atoms with Crippen molar-refractivity contribution in [2.24, 2.45) is 0 Å². The van der Waals surface area contributed by atoms with Crippen molar-refractivity contribution in [1.82, 2.24) is 4.31 Å². The molecular weight excluding hydrogens is 329 g/mol. The first-order valence-corrected chi connectivity index (χ1v) is 9.02. The molecule has 2 rings (SSSR count). The summed E-state index contributed by atoms with van der Waals surface area (Å²) in [7, 11) is -7.92. The van der Waals surface area contributed by atoms with Gasteiger partial charge >= 0.3 is 0 Å². The average Bonchev–Trinajstić information content (AvgIpc) is 2.93. The van der Waals surface area contributed by atoms with Crippen molar-refractivity contribution >= 4 is 49.7 Å². The number of nitrogens with zero attached hydrogens (tertiary/aromatic N) is 1. The van der Waals surface area contributed by atoms with E-state index >= 15 is 0 Å². The molecule has 0 spiro atoms. The molecule has 1 radical (unpaired) electrons. The molecule has 0 saturated carbocycles. The van der Waals surface area contributed by atoms with E-state index < -0.39 is 25.9 Å². The first kappa shape index (κ1) is 19.0. The minimum absolute atomic E-state index is 0. The fourth-order valence-electron chi connectivity index (χ4n) is 2.16. The fraction of sp³-hybridized carbons (Fsp3) is 0.455. The van der Waals surface area contributed by atoms with Crippen LogP contribution in [0, 0.1) is 0 Å². The van der Waals surface area contributed by atoms with E-state index in [4.69, 9.17) is 5.26 Å². The third-order valence-corrected chi connectivity index (χ3v) is 5.99. The topological polar surface area (TPSA) is 101 Å². The summed E-state index contributed by atoms with van der Waals surface area (Å²) in [5.41, 5.74) is 0.0773. The molecule has 0 amide bonds. The van der Waals surface area contributed by atoms with E-state index in [1.54, 1.807) is 0 Å². The molecule has 1 saturated heterocycles. The van der Waals surface area contributed by atoms with E-state index in [2.05, 4.69) is 4.33 Å². The molecule has 10 heteroatoms. The maximum Gasteiger partial charge on any atom is 0.297 e. The predicted molar refractivity (Wildman–Crippen MR) is 76.5 cm³/mol. The van der Waals surface area contributed by atoms with Crippen LogP contribution in [0.15, 0.2) is 29.2 Å². The number of rotatable bonds is 5. The molecule has 1 N–H and O–H groups in total. The van der Waals surface area contributed by atoms with Gasteiger partial charge in [0.1, 0.15) is 5.75 Å². The van der Waals surface area contributed by atoms with Crippen molar-refractivity contribution in [3.05, 3.63) is 29.8 Å². The van der Waals surface area contributed by atoms with Gasteiger partial charge in [0, 0.05) is 42.6 Å². The Morgan fingerprint density at radius 1 is 1.10 bits per heavy atom. The molecule has 1 aromatic rings. The van der Waals surface area contributed by atoms with Crippen LogP contribution in [0.25, 0.3) is 0 Å². The van der Waals surface area contributed by atoms with Crippen LogP contribution in [0.5, 0.6) is 0 Å². The Morgan fingerprint density at radius 3 is 2.24 bits per heavy atom. The molecule has 0 aromatic heterocycles. The third kappa shape index (κ3) is 4.49. The summed E-state index contributed by atoms with van der Waals surface area (Å²) < 4.78 is 52.2. The first-order valence-electron chi connectivity index (χ1n) is 6.00. The fourth-order valence-corrected chi connectivity index (χ4v) is 4.67. The summed E-state index contributed by atoms with van der Waals surface area (Å²) in [6, 6.07) is 5.81. The van der Waals surface area contributed by atoms with E-state index in [0.29, 0.717) is 13.1 Å². The second kappa shape index (κ2) is 7.51. The van der Waals surface area contributed by atoms with Crippen molar-refractivity contribution < 1.29 is 26.4 Å². The van der Waals surface area contributed by atoms with Crippen molar-refractivity contribution in [3.8, 4) is 0 Å². The largest absolute Gasteiger partial charge is 0.297 e. The third-order valence-electron chi connectivity index (χ3n) is 3.10. The molecular formula is C11H15NNaO6S2. The van der Waals surface area contributed by atoms with Crippen molar-refractivity contribution in [2.45, 2.75) is 23.5 Å². The van der Waals surface area contributed by atoms with E-state index in [1.807, 2.05) is 0 Å². The summed E-state index contributed by atoms with van der Waals surface area (Å²) in [5, 5.41) is 8.31. The van der Waals surface area contributed by atoms with Crippen molar-refractivity contribution in [2.75, 3.05) is 13.1 Å². The Hall–Kier alpha value is -0.000000000000000222. The Morgan fingerprint density at radius 2 is 1.67 bits per heavy atom. The zero-order chi connectivity index (χ0) is 14.8. The average molecular weight is 344 g/mol. The Bertz CT molecular complexity index is 682. The summed E-state index contributed by atoms with van der Waals surface area (Å²) in [6.07, 6.45) is 1.58. The van der Waals surface area contributed by atoms with Gasteiger partial charge in [0.15, 0.2) is 0 Å². The zero-order valence-electron chi connectivity index (χ0n) is 11.6. The van der Waals surface area contributed by atoms with Gasteiger partial charge in [-0.2, -0.15) is 12.7 Å². The first-order chi connectivity index (χ1) is 9.37. The van der Waals surface area contributed by atoms with Gasteiger partial charge in [-0.3, -0.25) is 0 Å². The molecule has 113 valence electrons. The van der Waals surface area contributed by atoms with Gasteiger partial charge < -0.3 is 0 Å². The number of benzene rings is 1. The smallest absolute Gasteiger partial charge is 0.235 e. The van der Waals surface area contributed by atoms with Crippen LogP contribution in [0.1, 0.15) is 18.4 Å². The summed E-state index contributed by atoms with van der Waals surface area (Å²) in [5.74, 6) is -0.702. The van der Waals surface area contributed by atoms with Gasteiger partial charge in [-0.25, -0.2) is 13.7 Å². The van der Waals surface area contributed by atoms with E-state index in [1.165, 1.54) is 28.6 Å². The molecule has 0 atom stereocenters. The maximum atomic E-state index is 12.5. The van der Waals surface area contributed by atoms with Crippen LogP contribution in [0.4, 0.5) is 0 Å².